The molecule has 1 aliphatic rings. The summed E-state index contributed by atoms with van der Waals surface area (Å²) in [5, 5.41) is 2.58. The van der Waals surface area contributed by atoms with Crippen molar-refractivity contribution in [2.75, 3.05) is 7.11 Å². The molecule has 1 N–H and O–H groups in total. The van der Waals surface area contributed by atoms with Gasteiger partial charge in [0.15, 0.2) is 5.78 Å². The summed E-state index contributed by atoms with van der Waals surface area (Å²) in [7, 11) is 1.23. The van der Waals surface area contributed by atoms with E-state index in [1.807, 2.05) is 0 Å². The Labute approximate surface area is 121 Å². The number of esters is 1. The van der Waals surface area contributed by atoms with E-state index in [1.165, 1.54) is 19.2 Å². The minimum atomic E-state index is -0.680. The zero-order chi connectivity index (χ0) is 15.4. The van der Waals surface area contributed by atoms with Crippen molar-refractivity contribution in [3.05, 3.63) is 35.4 Å². The van der Waals surface area contributed by atoms with Crippen molar-refractivity contribution in [2.45, 2.75) is 25.3 Å². The van der Waals surface area contributed by atoms with Gasteiger partial charge in [-0.2, -0.15) is 0 Å². The number of benzene rings is 1. The minimum absolute atomic E-state index is 0.111. The predicted octanol–water partition coefficient (Wildman–Crippen LogP) is 0.894. The molecule has 1 aliphatic carbocycles. The number of nitrogens with one attached hydrogen (secondary N) is 1. The van der Waals surface area contributed by atoms with Crippen LogP contribution in [0, 0.1) is 0 Å². The van der Waals surface area contributed by atoms with E-state index in [-0.39, 0.29) is 35.5 Å². The summed E-state index contributed by atoms with van der Waals surface area (Å²) in [4.78, 5) is 46.7. The van der Waals surface area contributed by atoms with E-state index in [0.29, 0.717) is 6.42 Å². The standard InChI is InChI=1S/C15H15NO5/c1-21-15(20)11-5-3-2-4-10(11)14(19)16-12-7-6-9(17)8-13(12)18/h2-5,12H,6-8H2,1H3,(H,16,19). The van der Waals surface area contributed by atoms with Crippen LogP contribution < -0.4 is 5.32 Å². The Balaban J connectivity index is 2.16. The van der Waals surface area contributed by atoms with Crippen molar-refractivity contribution in [1.29, 1.82) is 0 Å². The normalized spacial score (nSPS) is 18.2. The molecule has 0 aromatic heterocycles. The zero-order valence-corrected chi connectivity index (χ0v) is 11.5. The second-order valence-corrected chi connectivity index (χ2v) is 4.78. The van der Waals surface area contributed by atoms with Gasteiger partial charge in [-0.15, -0.1) is 0 Å². The van der Waals surface area contributed by atoms with E-state index in [1.54, 1.807) is 12.1 Å². The van der Waals surface area contributed by atoms with Gasteiger partial charge in [0.25, 0.3) is 5.91 Å². The molecule has 0 spiro atoms. The van der Waals surface area contributed by atoms with E-state index in [9.17, 15) is 19.2 Å². The lowest BCUT2D eigenvalue weighted by Crippen LogP contribution is -2.44. The number of carbonyl (C=O) groups excluding carboxylic acids is 4. The summed E-state index contributed by atoms with van der Waals surface area (Å²) in [6.07, 6.45) is 0.419. The number of hydrogen-bond acceptors (Lipinski definition) is 5. The van der Waals surface area contributed by atoms with Crippen LogP contribution in [0.2, 0.25) is 0 Å². The van der Waals surface area contributed by atoms with Crippen LogP contribution in [0.1, 0.15) is 40.0 Å². The summed E-state index contributed by atoms with van der Waals surface area (Å²) in [5.41, 5.74) is 0.283. The number of rotatable bonds is 3. The fourth-order valence-electron chi connectivity index (χ4n) is 2.23. The third-order valence-electron chi connectivity index (χ3n) is 3.35. The molecule has 0 aliphatic heterocycles. The summed E-state index contributed by atoms with van der Waals surface area (Å²) < 4.78 is 4.62. The quantitative estimate of drug-likeness (QED) is 0.659. The number of hydrogen-bond donors (Lipinski definition) is 1. The molecular formula is C15H15NO5. The third kappa shape index (κ3) is 3.34. The highest BCUT2D eigenvalue weighted by molar-refractivity contribution is 6.09. The van der Waals surface area contributed by atoms with Crippen LogP contribution >= 0.6 is 0 Å². The van der Waals surface area contributed by atoms with E-state index >= 15 is 0 Å². The molecule has 0 bridgehead atoms. The van der Waals surface area contributed by atoms with Crippen LogP contribution in [0.3, 0.4) is 0 Å². The van der Waals surface area contributed by atoms with Gasteiger partial charge in [0, 0.05) is 6.42 Å². The smallest absolute Gasteiger partial charge is 0.338 e. The predicted molar refractivity (Wildman–Crippen MR) is 72.9 cm³/mol. The second-order valence-electron chi connectivity index (χ2n) is 4.78. The van der Waals surface area contributed by atoms with Crippen molar-refractivity contribution in [3.63, 3.8) is 0 Å². The summed E-state index contributed by atoms with van der Waals surface area (Å²) in [6, 6.07) is 5.52. The van der Waals surface area contributed by atoms with Crippen LogP contribution in [-0.4, -0.2) is 36.6 Å². The molecule has 1 amide bonds. The first kappa shape index (κ1) is 14.9. The van der Waals surface area contributed by atoms with Crippen LogP contribution in [0.25, 0.3) is 0 Å². The van der Waals surface area contributed by atoms with E-state index in [2.05, 4.69) is 10.1 Å². The number of Topliss-reactive ketones (excluding diaryl/α,β-unsaturated/α-hetero) is 2. The fraction of sp³-hybridized carbons (Fsp3) is 0.333. The van der Waals surface area contributed by atoms with Crippen molar-refractivity contribution in [1.82, 2.24) is 5.32 Å². The van der Waals surface area contributed by atoms with Crippen LogP contribution in [0.15, 0.2) is 24.3 Å². The molecule has 1 aromatic carbocycles. The van der Waals surface area contributed by atoms with E-state index in [0.717, 1.165) is 0 Å². The first-order valence-corrected chi connectivity index (χ1v) is 6.55. The Morgan fingerprint density at radius 2 is 1.86 bits per heavy atom. The Kier molecular flexibility index (Phi) is 4.47. The molecule has 1 unspecified atom stereocenters. The maximum Gasteiger partial charge on any atom is 0.338 e. The SMILES string of the molecule is COC(=O)c1ccccc1C(=O)NC1CCC(=O)CC1=O. The number of carbonyl (C=O) groups is 4. The van der Waals surface area contributed by atoms with Crippen LogP contribution in [-0.2, 0) is 14.3 Å². The molecule has 1 saturated carbocycles. The first-order chi connectivity index (χ1) is 10.0. The number of amides is 1. The molecule has 1 aromatic rings. The average Bonchev–Trinajstić information content (AvgIpc) is 2.49. The Bertz CT molecular complexity index is 608. The minimum Gasteiger partial charge on any atom is -0.465 e. The van der Waals surface area contributed by atoms with Gasteiger partial charge in [0.05, 0.1) is 30.7 Å². The summed E-state index contributed by atoms with van der Waals surface area (Å²) in [6.45, 7) is 0. The molecule has 6 nitrogen and oxygen atoms in total. The first-order valence-electron chi connectivity index (χ1n) is 6.55. The highest BCUT2D eigenvalue weighted by Gasteiger charge is 2.29. The lowest BCUT2D eigenvalue weighted by atomic mass is 9.92. The van der Waals surface area contributed by atoms with Gasteiger partial charge in [-0.3, -0.25) is 14.4 Å². The van der Waals surface area contributed by atoms with Crippen LogP contribution in [0.4, 0.5) is 0 Å². The highest BCUT2D eigenvalue weighted by Crippen LogP contribution is 2.14. The second kappa shape index (κ2) is 6.30. The van der Waals surface area contributed by atoms with Gasteiger partial charge < -0.3 is 10.1 Å². The Morgan fingerprint density at radius 3 is 2.48 bits per heavy atom. The maximum atomic E-state index is 12.2. The lowest BCUT2D eigenvalue weighted by molar-refractivity contribution is -0.131. The Morgan fingerprint density at radius 1 is 1.19 bits per heavy atom. The molecule has 0 radical (unpaired) electrons. The van der Waals surface area contributed by atoms with Crippen molar-refractivity contribution in [2.24, 2.45) is 0 Å². The van der Waals surface area contributed by atoms with Crippen molar-refractivity contribution in [3.8, 4) is 0 Å². The third-order valence-corrected chi connectivity index (χ3v) is 3.35. The topological polar surface area (TPSA) is 89.5 Å². The molecule has 21 heavy (non-hydrogen) atoms. The van der Waals surface area contributed by atoms with Crippen molar-refractivity contribution >= 4 is 23.4 Å². The molecule has 0 heterocycles. The monoisotopic (exact) mass is 289 g/mol. The number of ether oxygens (including phenoxy) is 1. The lowest BCUT2D eigenvalue weighted by Gasteiger charge is -2.21. The van der Waals surface area contributed by atoms with E-state index < -0.39 is 17.9 Å². The molecule has 1 fully saturated rings. The molecule has 0 saturated heterocycles. The summed E-state index contributed by atoms with van der Waals surface area (Å²) >= 11 is 0. The highest BCUT2D eigenvalue weighted by atomic mass is 16.5. The van der Waals surface area contributed by atoms with Gasteiger partial charge in [-0.25, -0.2) is 4.79 Å². The Hall–Kier alpha value is -2.50. The van der Waals surface area contributed by atoms with Gasteiger partial charge in [-0.1, -0.05) is 12.1 Å². The fourth-order valence-corrected chi connectivity index (χ4v) is 2.23. The molecular weight excluding hydrogens is 274 g/mol. The molecule has 2 rings (SSSR count). The van der Waals surface area contributed by atoms with Gasteiger partial charge in [0.2, 0.25) is 0 Å². The van der Waals surface area contributed by atoms with Crippen LogP contribution in [0.5, 0.6) is 0 Å². The summed E-state index contributed by atoms with van der Waals surface area (Å²) in [5.74, 6) is -1.55. The number of ketones is 2. The molecule has 1 atom stereocenters. The van der Waals surface area contributed by atoms with E-state index in [4.69, 9.17) is 0 Å². The number of methoxy groups -OCH3 is 1. The molecule has 110 valence electrons. The van der Waals surface area contributed by atoms with Gasteiger partial charge in [0.1, 0.15) is 5.78 Å². The maximum absolute atomic E-state index is 12.2. The largest absolute Gasteiger partial charge is 0.465 e. The average molecular weight is 289 g/mol. The molecule has 6 heteroatoms. The van der Waals surface area contributed by atoms with Gasteiger partial charge in [-0.05, 0) is 18.6 Å². The zero-order valence-electron chi connectivity index (χ0n) is 11.5. The van der Waals surface area contributed by atoms with Gasteiger partial charge >= 0.3 is 5.97 Å². The van der Waals surface area contributed by atoms with Crippen molar-refractivity contribution < 1.29 is 23.9 Å².